The zero-order valence-corrected chi connectivity index (χ0v) is 17.5. The smallest absolute Gasteiger partial charge is 0.294 e. The van der Waals surface area contributed by atoms with Crippen LogP contribution in [0, 0.1) is 26.6 Å². The summed E-state index contributed by atoms with van der Waals surface area (Å²) in [5, 5.41) is 13.3. The van der Waals surface area contributed by atoms with Gasteiger partial charge in [0, 0.05) is 10.6 Å². The maximum absolute atomic E-state index is 13.4. The Morgan fingerprint density at radius 2 is 1.86 bits per heavy atom. The Kier molecular flexibility index (Phi) is 4.84. The highest BCUT2D eigenvalue weighted by molar-refractivity contribution is 7.14. The number of carbonyl (C=O) groups is 2. The Labute approximate surface area is 174 Å². The normalized spacial score (nSPS) is 16.8. The summed E-state index contributed by atoms with van der Waals surface area (Å²) in [6, 6.07) is 6.52. The number of Topliss-reactive ketones (excluding diaryl/α,β-unsaturated/α-hetero) is 1. The number of benzene rings is 1. The minimum Gasteiger partial charge on any atom is -0.503 e. The quantitative estimate of drug-likeness (QED) is 0.590. The van der Waals surface area contributed by atoms with Gasteiger partial charge in [0.15, 0.2) is 5.76 Å². The minimum absolute atomic E-state index is 0.0247. The largest absolute Gasteiger partial charge is 0.503 e. The molecule has 8 heteroatoms. The molecule has 148 valence electrons. The fourth-order valence-electron chi connectivity index (χ4n) is 3.48. The zero-order valence-electron chi connectivity index (χ0n) is 15.9. The summed E-state index contributed by atoms with van der Waals surface area (Å²) in [6.45, 7) is 5.42. The van der Waals surface area contributed by atoms with Crippen molar-refractivity contribution in [3.63, 3.8) is 0 Å². The number of hydrogen-bond acceptors (Lipinski definition) is 6. The summed E-state index contributed by atoms with van der Waals surface area (Å²) in [6.07, 6.45) is 0. The van der Waals surface area contributed by atoms with E-state index in [2.05, 4.69) is 4.98 Å². The van der Waals surface area contributed by atoms with Gasteiger partial charge in [0.2, 0.25) is 5.78 Å². The number of amides is 1. The molecule has 3 aromatic rings. The first-order valence-corrected chi connectivity index (χ1v) is 10.5. The van der Waals surface area contributed by atoms with Crippen LogP contribution in [0.25, 0.3) is 0 Å². The number of halogens is 1. The second kappa shape index (κ2) is 7.20. The first-order valence-electron chi connectivity index (χ1n) is 8.84. The molecule has 1 aliphatic rings. The Bertz CT molecular complexity index is 1160. The van der Waals surface area contributed by atoms with Crippen LogP contribution >= 0.6 is 22.7 Å². The number of aryl methyl sites for hydroxylation is 3. The van der Waals surface area contributed by atoms with Gasteiger partial charge < -0.3 is 5.11 Å². The van der Waals surface area contributed by atoms with E-state index in [1.807, 2.05) is 18.4 Å². The number of carbonyl (C=O) groups excluding carboxylic acids is 2. The monoisotopic (exact) mass is 428 g/mol. The molecule has 1 aromatic carbocycles. The molecule has 1 N–H and O–H groups in total. The van der Waals surface area contributed by atoms with Crippen molar-refractivity contribution in [2.24, 2.45) is 0 Å². The van der Waals surface area contributed by atoms with Gasteiger partial charge in [0.1, 0.15) is 11.9 Å². The molecule has 5 nitrogen and oxygen atoms in total. The lowest BCUT2D eigenvalue weighted by Crippen LogP contribution is -2.30. The summed E-state index contributed by atoms with van der Waals surface area (Å²) in [5.74, 6) is -2.12. The average molecular weight is 429 g/mol. The van der Waals surface area contributed by atoms with Gasteiger partial charge in [-0.3, -0.25) is 14.5 Å². The number of thiazole rings is 1. The maximum Gasteiger partial charge on any atom is 0.294 e. The number of rotatable bonds is 4. The van der Waals surface area contributed by atoms with Crippen LogP contribution < -0.4 is 4.90 Å². The summed E-state index contributed by atoms with van der Waals surface area (Å²) < 4.78 is 13.4. The third-order valence-electron chi connectivity index (χ3n) is 4.82. The van der Waals surface area contributed by atoms with Crippen molar-refractivity contribution in [2.45, 2.75) is 26.8 Å². The number of hydrogen-bond donors (Lipinski definition) is 1. The highest BCUT2D eigenvalue weighted by Crippen LogP contribution is 2.45. The highest BCUT2D eigenvalue weighted by Gasteiger charge is 2.46. The van der Waals surface area contributed by atoms with E-state index in [4.69, 9.17) is 0 Å². The molecule has 4 rings (SSSR count). The molecule has 0 radical (unpaired) electrons. The lowest BCUT2D eigenvalue weighted by Gasteiger charge is -2.26. The zero-order chi connectivity index (χ0) is 20.9. The van der Waals surface area contributed by atoms with Gasteiger partial charge in [-0.25, -0.2) is 9.37 Å². The van der Waals surface area contributed by atoms with E-state index in [0.29, 0.717) is 16.3 Å². The molecular formula is C21H17FN2O3S2. The number of thiophene rings is 1. The molecule has 2 aromatic heterocycles. The van der Waals surface area contributed by atoms with Crippen LogP contribution in [-0.2, 0) is 4.79 Å². The van der Waals surface area contributed by atoms with Crippen molar-refractivity contribution in [3.05, 3.63) is 78.9 Å². The fraction of sp³-hybridized carbons (Fsp3) is 0.190. The van der Waals surface area contributed by atoms with Gasteiger partial charge in [-0.2, -0.15) is 0 Å². The Hall–Kier alpha value is -2.84. The lowest BCUT2D eigenvalue weighted by atomic mass is 9.98. The van der Waals surface area contributed by atoms with Crippen LogP contribution in [-0.4, -0.2) is 21.8 Å². The first kappa shape index (κ1) is 19.5. The van der Waals surface area contributed by atoms with Crippen molar-refractivity contribution in [2.75, 3.05) is 4.90 Å². The topological polar surface area (TPSA) is 70.5 Å². The van der Waals surface area contributed by atoms with E-state index in [1.54, 1.807) is 13.8 Å². The molecule has 0 fully saturated rings. The molecule has 1 unspecified atom stereocenters. The van der Waals surface area contributed by atoms with Gasteiger partial charge >= 0.3 is 0 Å². The maximum atomic E-state index is 13.4. The number of aliphatic hydroxyl groups is 1. The molecule has 1 amide bonds. The summed E-state index contributed by atoms with van der Waals surface area (Å²) >= 11 is 2.63. The standard InChI is InChI=1S/C21H17FN2O3S2/c1-10-8-9-28-19(10)16-15(17(25)20-11(2)23-12(3)29-20)18(26)21(27)24(16)14-6-4-13(22)5-7-14/h4-9,16,26H,1-3H3. The van der Waals surface area contributed by atoms with Crippen molar-refractivity contribution < 1.29 is 19.1 Å². The van der Waals surface area contributed by atoms with Crippen LogP contribution in [0.3, 0.4) is 0 Å². The van der Waals surface area contributed by atoms with Gasteiger partial charge in [0.25, 0.3) is 5.91 Å². The van der Waals surface area contributed by atoms with Gasteiger partial charge in [-0.15, -0.1) is 22.7 Å². The second-order valence-corrected chi connectivity index (χ2v) is 8.91. The third-order valence-corrected chi connectivity index (χ3v) is 6.96. The van der Waals surface area contributed by atoms with Crippen LogP contribution in [0.4, 0.5) is 10.1 Å². The first-order chi connectivity index (χ1) is 13.8. The SMILES string of the molecule is Cc1nc(C)c(C(=O)C2=C(O)C(=O)N(c3ccc(F)cc3)C2c2sccc2C)s1. The van der Waals surface area contributed by atoms with Gasteiger partial charge in [0.05, 0.1) is 21.2 Å². The Morgan fingerprint density at radius 1 is 1.17 bits per heavy atom. The number of aliphatic hydroxyl groups excluding tert-OH is 1. The average Bonchev–Trinajstić information content (AvgIpc) is 3.32. The van der Waals surface area contributed by atoms with Crippen LogP contribution in [0.2, 0.25) is 0 Å². The molecule has 1 atom stereocenters. The predicted molar refractivity (Wildman–Crippen MR) is 111 cm³/mol. The van der Waals surface area contributed by atoms with Crippen molar-refractivity contribution in [3.8, 4) is 0 Å². The second-order valence-electron chi connectivity index (χ2n) is 6.76. The molecule has 0 saturated carbocycles. The molecular weight excluding hydrogens is 411 g/mol. The third kappa shape index (κ3) is 3.18. The van der Waals surface area contributed by atoms with E-state index in [0.717, 1.165) is 15.4 Å². The Balaban J connectivity index is 1.89. The number of ketones is 1. The van der Waals surface area contributed by atoms with E-state index in [9.17, 15) is 19.1 Å². The van der Waals surface area contributed by atoms with Crippen LogP contribution in [0.1, 0.15) is 36.9 Å². The summed E-state index contributed by atoms with van der Waals surface area (Å²) in [7, 11) is 0. The van der Waals surface area contributed by atoms with Gasteiger partial charge in [-0.1, -0.05) is 0 Å². The molecule has 0 aliphatic carbocycles. The van der Waals surface area contributed by atoms with E-state index in [-0.39, 0.29) is 5.57 Å². The number of anilines is 1. The molecule has 0 saturated heterocycles. The van der Waals surface area contributed by atoms with E-state index < -0.39 is 29.3 Å². The Morgan fingerprint density at radius 3 is 2.41 bits per heavy atom. The van der Waals surface area contributed by atoms with Gasteiger partial charge in [-0.05, 0) is 62.0 Å². The summed E-state index contributed by atoms with van der Waals surface area (Å²) in [4.78, 5) is 33.2. The summed E-state index contributed by atoms with van der Waals surface area (Å²) in [5.41, 5.74) is 1.89. The lowest BCUT2D eigenvalue weighted by molar-refractivity contribution is -0.117. The predicted octanol–water partition coefficient (Wildman–Crippen LogP) is 5.05. The minimum atomic E-state index is -0.790. The molecule has 0 spiro atoms. The number of nitrogens with zero attached hydrogens (tertiary/aromatic N) is 2. The van der Waals surface area contributed by atoms with E-state index >= 15 is 0 Å². The van der Waals surface area contributed by atoms with Crippen molar-refractivity contribution in [1.82, 2.24) is 4.98 Å². The molecule has 3 heterocycles. The van der Waals surface area contributed by atoms with Crippen LogP contribution in [0.5, 0.6) is 0 Å². The van der Waals surface area contributed by atoms with Crippen molar-refractivity contribution >= 4 is 40.1 Å². The van der Waals surface area contributed by atoms with Crippen LogP contribution in [0.15, 0.2) is 47.0 Å². The molecule has 1 aliphatic heterocycles. The highest BCUT2D eigenvalue weighted by atomic mass is 32.1. The molecule has 0 bridgehead atoms. The number of aromatic nitrogens is 1. The fourth-order valence-corrected chi connectivity index (χ4v) is 5.38. The van der Waals surface area contributed by atoms with Crippen molar-refractivity contribution in [1.29, 1.82) is 0 Å². The molecule has 29 heavy (non-hydrogen) atoms. The van der Waals surface area contributed by atoms with E-state index in [1.165, 1.54) is 51.8 Å².